The zero-order chi connectivity index (χ0) is 16.9. The van der Waals surface area contributed by atoms with Crippen LogP contribution in [0.3, 0.4) is 0 Å². The molecule has 2 aliphatic heterocycles. The third-order valence-electron chi connectivity index (χ3n) is 4.48. The van der Waals surface area contributed by atoms with E-state index in [1.54, 1.807) is 15.8 Å². The number of carbonyl (C=O) groups excluding carboxylic acids is 1. The van der Waals surface area contributed by atoms with Gasteiger partial charge in [0.1, 0.15) is 6.54 Å². The summed E-state index contributed by atoms with van der Waals surface area (Å²) in [4.78, 5) is 23.5. The van der Waals surface area contributed by atoms with Gasteiger partial charge in [0.25, 0.3) is 0 Å². The van der Waals surface area contributed by atoms with Crippen LogP contribution in [-0.4, -0.2) is 83.8 Å². The molecular formula is C16H28IN7O. The molecule has 0 unspecified atom stereocenters. The highest BCUT2D eigenvalue weighted by molar-refractivity contribution is 14.0. The minimum absolute atomic E-state index is 0. The molecule has 2 saturated heterocycles. The molecule has 0 radical (unpaired) electrons. The van der Waals surface area contributed by atoms with Gasteiger partial charge >= 0.3 is 0 Å². The van der Waals surface area contributed by atoms with E-state index in [2.05, 4.69) is 27.1 Å². The normalized spacial score (nSPS) is 18.8. The number of rotatable bonds is 5. The molecule has 3 rings (SSSR count). The predicted octanol–water partition coefficient (Wildman–Crippen LogP) is 0.358. The Bertz CT molecular complexity index is 599. The number of halogens is 1. The summed E-state index contributed by atoms with van der Waals surface area (Å²) in [6, 6.07) is 0. The number of hydrogen-bond donors (Lipinski definition) is 1. The Hall–Kier alpha value is -1.36. The van der Waals surface area contributed by atoms with Gasteiger partial charge in [-0.25, -0.2) is 0 Å². The van der Waals surface area contributed by atoms with Crippen molar-refractivity contribution in [2.75, 3.05) is 57.3 Å². The smallest absolute Gasteiger partial charge is 0.246 e. The highest BCUT2D eigenvalue weighted by Gasteiger charge is 2.27. The highest BCUT2D eigenvalue weighted by Crippen LogP contribution is 2.16. The number of guanidine groups is 1. The first kappa shape index (κ1) is 20.0. The van der Waals surface area contributed by atoms with E-state index in [9.17, 15) is 4.79 Å². The molecule has 3 heterocycles. The van der Waals surface area contributed by atoms with Crippen molar-refractivity contribution in [1.82, 2.24) is 24.9 Å². The first-order valence-corrected chi connectivity index (χ1v) is 8.72. The van der Waals surface area contributed by atoms with Crippen molar-refractivity contribution >= 4 is 41.5 Å². The van der Waals surface area contributed by atoms with Gasteiger partial charge < -0.3 is 20.0 Å². The number of aliphatic imine (C=N–C) groups is 1. The van der Waals surface area contributed by atoms with Crippen LogP contribution in [0.5, 0.6) is 0 Å². The number of nitrogens with zero attached hydrogens (tertiary/aromatic N) is 6. The summed E-state index contributed by atoms with van der Waals surface area (Å²) in [6.45, 7) is 8.79. The van der Waals surface area contributed by atoms with Crippen LogP contribution in [0.4, 0.5) is 5.69 Å². The molecule has 25 heavy (non-hydrogen) atoms. The number of amides is 1. The van der Waals surface area contributed by atoms with Gasteiger partial charge in [0.05, 0.1) is 18.4 Å². The van der Waals surface area contributed by atoms with Crippen molar-refractivity contribution in [1.29, 1.82) is 0 Å². The molecule has 1 N–H and O–H groups in total. The Morgan fingerprint density at radius 3 is 2.68 bits per heavy atom. The van der Waals surface area contributed by atoms with Gasteiger partial charge in [0.15, 0.2) is 5.96 Å². The topological polar surface area (TPSA) is 69.0 Å². The number of piperazine rings is 1. The molecule has 2 aliphatic rings. The Kier molecular flexibility index (Phi) is 7.48. The molecule has 1 amide bonds. The minimum Gasteiger partial charge on any atom is -0.357 e. The van der Waals surface area contributed by atoms with Crippen molar-refractivity contribution in [2.24, 2.45) is 12.0 Å². The first-order chi connectivity index (χ1) is 11.7. The summed E-state index contributed by atoms with van der Waals surface area (Å²) in [5, 5.41) is 7.46. The fourth-order valence-corrected chi connectivity index (χ4v) is 3.00. The second-order valence-electron chi connectivity index (χ2n) is 6.27. The lowest BCUT2D eigenvalue weighted by atomic mass is 10.2. The zero-order valence-corrected chi connectivity index (χ0v) is 17.3. The molecule has 0 saturated carbocycles. The minimum atomic E-state index is 0. The average molecular weight is 461 g/mol. The Labute approximate surface area is 166 Å². The quantitative estimate of drug-likeness (QED) is 0.390. The molecule has 0 bridgehead atoms. The second-order valence-corrected chi connectivity index (χ2v) is 6.27. The van der Waals surface area contributed by atoms with E-state index >= 15 is 0 Å². The van der Waals surface area contributed by atoms with E-state index in [-0.39, 0.29) is 29.9 Å². The van der Waals surface area contributed by atoms with E-state index in [1.807, 2.05) is 13.2 Å². The summed E-state index contributed by atoms with van der Waals surface area (Å²) in [7, 11) is 1.86. The van der Waals surface area contributed by atoms with E-state index in [4.69, 9.17) is 4.99 Å². The summed E-state index contributed by atoms with van der Waals surface area (Å²) in [5.74, 6) is 0.930. The molecule has 1 aromatic heterocycles. The van der Waals surface area contributed by atoms with E-state index < -0.39 is 0 Å². The van der Waals surface area contributed by atoms with Gasteiger partial charge in [-0.2, -0.15) is 5.10 Å². The molecule has 0 spiro atoms. The van der Waals surface area contributed by atoms with Crippen molar-refractivity contribution in [3.63, 3.8) is 0 Å². The largest absolute Gasteiger partial charge is 0.357 e. The lowest BCUT2D eigenvalue weighted by Crippen LogP contribution is -2.55. The maximum atomic E-state index is 12.5. The maximum absolute atomic E-state index is 12.5. The standard InChI is InChI=1S/C16H27N7O.HI/c1-3-17-16(18-5-8-21-6-4-7-21)22-9-10-23(15(24)13-22)14-11-19-20(2)12-14;/h11-12H,3-10,13H2,1-2H3,(H,17,18);1H. The Balaban J connectivity index is 0.00000225. The molecule has 0 atom stereocenters. The highest BCUT2D eigenvalue weighted by atomic mass is 127. The Morgan fingerprint density at radius 2 is 2.12 bits per heavy atom. The second kappa shape index (κ2) is 9.37. The summed E-state index contributed by atoms with van der Waals surface area (Å²) in [6.07, 6.45) is 4.91. The van der Waals surface area contributed by atoms with Crippen LogP contribution in [0, 0.1) is 0 Å². The number of anilines is 1. The molecule has 140 valence electrons. The number of aromatic nitrogens is 2. The number of aryl methyl sites for hydroxylation is 1. The average Bonchev–Trinajstić information content (AvgIpc) is 2.94. The van der Waals surface area contributed by atoms with E-state index in [0.29, 0.717) is 13.1 Å². The molecular weight excluding hydrogens is 433 g/mol. The van der Waals surface area contributed by atoms with Crippen molar-refractivity contribution in [3.8, 4) is 0 Å². The van der Waals surface area contributed by atoms with Gasteiger partial charge in [-0.1, -0.05) is 0 Å². The van der Waals surface area contributed by atoms with Crippen molar-refractivity contribution in [3.05, 3.63) is 12.4 Å². The van der Waals surface area contributed by atoms with Gasteiger partial charge in [-0.05, 0) is 26.4 Å². The summed E-state index contributed by atoms with van der Waals surface area (Å²) >= 11 is 0. The maximum Gasteiger partial charge on any atom is 0.246 e. The van der Waals surface area contributed by atoms with Crippen LogP contribution in [0.1, 0.15) is 13.3 Å². The molecule has 2 fully saturated rings. The summed E-state index contributed by atoms with van der Waals surface area (Å²) < 4.78 is 1.72. The van der Waals surface area contributed by atoms with Crippen LogP contribution in [0.15, 0.2) is 17.4 Å². The number of carbonyl (C=O) groups is 1. The van der Waals surface area contributed by atoms with E-state index in [1.165, 1.54) is 19.5 Å². The van der Waals surface area contributed by atoms with Crippen LogP contribution >= 0.6 is 24.0 Å². The fourth-order valence-electron chi connectivity index (χ4n) is 3.00. The van der Waals surface area contributed by atoms with Crippen LogP contribution in [0.25, 0.3) is 0 Å². The van der Waals surface area contributed by atoms with Crippen molar-refractivity contribution < 1.29 is 4.79 Å². The predicted molar refractivity (Wildman–Crippen MR) is 110 cm³/mol. The lowest BCUT2D eigenvalue weighted by Gasteiger charge is -2.35. The zero-order valence-electron chi connectivity index (χ0n) is 15.0. The molecule has 0 aromatic carbocycles. The van der Waals surface area contributed by atoms with Crippen LogP contribution in [0.2, 0.25) is 0 Å². The van der Waals surface area contributed by atoms with Crippen LogP contribution < -0.4 is 10.2 Å². The third kappa shape index (κ3) is 5.06. The van der Waals surface area contributed by atoms with Crippen molar-refractivity contribution in [2.45, 2.75) is 13.3 Å². The third-order valence-corrected chi connectivity index (χ3v) is 4.48. The number of nitrogens with one attached hydrogen (secondary N) is 1. The monoisotopic (exact) mass is 461 g/mol. The molecule has 8 nitrogen and oxygen atoms in total. The van der Waals surface area contributed by atoms with Gasteiger partial charge in [0, 0.05) is 39.4 Å². The fraction of sp³-hybridized carbons (Fsp3) is 0.688. The lowest BCUT2D eigenvalue weighted by molar-refractivity contribution is -0.120. The molecule has 0 aliphatic carbocycles. The van der Waals surface area contributed by atoms with Gasteiger partial charge in [0.2, 0.25) is 5.91 Å². The summed E-state index contributed by atoms with van der Waals surface area (Å²) in [5.41, 5.74) is 0.863. The number of hydrogen-bond acceptors (Lipinski definition) is 4. The van der Waals surface area contributed by atoms with E-state index in [0.717, 1.165) is 37.8 Å². The van der Waals surface area contributed by atoms with Gasteiger partial charge in [-0.3, -0.25) is 14.5 Å². The first-order valence-electron chi connectivity index (χ1n) is 8.72. The molecule has 1 aromatic rings. The Morgan fingerprint density at radius 1 is 1.32 bits per heavy atom. The molecule has 9 heteroatoms. The number of likely N-dealkylation sites (tertiary alicyclic amines) is 1. The SMILES string of the molecule is CCNC(=NCCN1CCC1)N1CCN(c2cnn(C)c2)C(=O)C1.I. The van der Waals surface area contributed by atoms with Gasteiger partial charge in [-0.15, -0.1) is 24.0 Å². The van der Waals surface area contributed by atoms with Crippen LogP contribution in [-0.2, 0) is 11.8 Å².